The van der Waals surface area contributed by atoms with Crippen LogP contribution in [0.2, 0.25) is 0 Å². The predicted octanol–water partition coefficient (Wildman–Crippen LogP) is 4.78. The number of nitrogens with one attached hydrogen (secondary N) is 1. The lowest BCUT2D eigenvalue weighted by atomic mass is 9.97. The lowest BCUT2D eigenvalue weighted by molar-refractivity contribution is 0.0693. The quantitative estimate of drug-likeness (QED) is 0.462. The van der Waals surface area contributed by atoms with Crippen molar-refractivity contribution in [2.45, 2.75) is 25.2 Å². The van der Waals surface area contributed by atoms with Crippen LogP contribution in [-0.4, -0.2) is 48.1 Å². The molecule has 1 aliphatic heterocycles. The second-order valence-electron chi connectivity index (χ2n) is 8.35. The van der Waals surface area contributed by atoms with E-state index in [9.17, 15) is 4.79 Å². The minimum absolute atomic E-state index is 0.0150. The van der Waals surface area contributed by atoms with Gasteiger partial charge in [0.25, 0.3) is 5.91 Å². The number of rotatable bonds is 6. The number of aromatic nitrogens is 2. The van der Waals surface area contributed by atoms with Crippen LogP contribution in [0.15, 0.2) is 59.1 Å². The van der Waals surface area contributed by atoms with Gasteiger partial charge in [0.1, 0.15) is 23.0 Å². The topological polar surface area (TPSA) is 80.6 Å². The lowest BCUT2D eigenvalue weighted by Gasteiger charge is -2.31. The van der Waals surface area contributed by atoms with Crippen molar-refractivity contribution in [3.8, 4) is 11.5 Å². The number of carbonyl (C=O) groups excluding carboxylic acids is 1. The molecule has 0 bridgehead atoms. The Balaban J connectivity index is 1.31. The number of nitrogens with zero attached hydrogens (tertiary/aromatic N) is 2. The van der Waals surface area contributed by atoms with Crippen molar-refractivity contribution >= 4 is 16.8 Å². The first kappa shape index (κ1) is 21.1. The van der Waals surface area contributed by atoms with Gasteiger partial charge in [0.15, 0.2) is 5.89 Å². The first-order valence-corrected chi connectivity index (χ1v) is 11.2. The van der Waals surface area contributed by atoms with Crippen molar-refractivity contribution in [1.82, 2.24) is 14.9 Å². The highest BCUT2D eigenvalue weighted by molar-refractivity contribution is 5.99. The van der Waals surface area contributed by atoms with Gasteiger partial charge >= 0.3 is 0 Å². The average molecular weight is 446 g/mol. The number of piperidine rings is 1. The molecule has 7 nitrogen and oxygen atoms in total. The van der Waals surface area contributed by atoms with E-state index in [1.165, 1.54) is 0 Å². The zero-order chi connectivity index (χ0) is 22.8. The molecule has 0 radical (unpaired) electrons. The number of benzene rings is 2. The van der Waals surface area contributed by atoms with Crippen LogP contribution in [0, 0.1) is 0 Å². The fourth-order valence-electron chi connectivity index (χ4n) is 4.58. The Labute approximate surface area is 192 Å². The molecule has 1 atom stereocenters. The Bertz CT molecular complexity index is 1280. The van der Waals surface area contributed by atoms with Crippen LogP contribution < -0.4 is 9.47 Å². The van der Waals surface area contributed by atoms with Crippen LogP contribution in [0.3, 0.4) is 0 Å². The molecule has 1 saturated heterocycles. The van der Waals surface area contributed by atoms with Gasteiger partial charge in [-0.1, -0.05) is 24.3 Å². The van der Waals surface area contributed by atoms with E-state index in [-0.39, 0.29) is 11.8 Å². The number of hydrogen-bond acceptors (Lipinski definition) is 5. The van der Waals surface area contributed by atoms with Crippen LogP contribution in [0.5, 0.6) is 11.5 Å². The van der Waals surface area contributed by atoms with E-state index in [1.807, 2.05) is 53.4 Å². The Hall–Kier alpha value is -3.74. The Morgan fingerprint density at radius 2 is 1.97 bits per heavy atom. The summed E-state index contributed by atoms with van der Waals surface area (Å²) in [5.41, 5.74) is 2.51. The summed E-state index contributed by atoms with van der Waals surface area (Å²) in [5, 5.41) is 0.908. The van der Waals surface area contributed by atoms with Crippen LogP contribution in [0.25, 0.3) is 10.9 Å². The van der Waals surface area contributed by atoms with E-state index in [4.69, 9.17) is 13.9 Å². The van der Waals surface area contributed by atoms with E-state index >= 15 is 0 Å². The van der Waals surface area contributed by atoms with Crippen molar-refractivity contribution in [3.63, 3.8) is 0 Å². The predicted molar refractivity (Wildman–Crippen MR) is 125 cm³/mol. The minimum Gasteiger partial charge on any atom is -0.496 e. The second kappa shape index (κ2) is 9.02. The highest BCUT2D eigenvalue weighted by Gasteiger charge is 2.29. The maximum absolute atomic E-state index is 13.3. The van der Waals surface area contributed by atoms with Gasteiger partial charge in [0.05, 0.1) is 26.3 Å². The Morgan fingerprint density at radius 1 is 1.15 bits per heavy atom. The molecule has 170 valence electrons. The summed E-state index contributed by atoms with van der Waals surface area (Å²) in [5.74, 6) is 3.13. The van der Waals surface area contributed by atoms with Crippen molar-refractivity contribution in [1.29, 1.82) is 0 Å². The number of amides is 1. The SMILES string of the molecule is COc1ccccc1Cc1cnc([C@@H]2CCCN(C(=O)c3cc4c(OC)cccc4[nH]3)C2)o1. The van der Waals surface area contributed by atoms with E-state index in [0.29, 0.717) is 24.6 Å². The number of oxazole rings is 1. The number of aromatic amines is 1. The third-order valence-electron chi connectivity index (χ3n) is 6.26. The molecule has 0 spiro atoms. The molecule has 0 aliphatic carbocycles. The van der Waals surface area contributed by atoms with Crippen molar-refractivity contribution < 1.29 is 18.7 Å². The molecule has 1 N–H and O–H groups in total. The smallest absolute Gasteiger partial charge is 0.270 e. The molecule has 5 rings (SSSR count). The molecule has 2 aromatic carbocycles. The molecule has 0 unspecified atom stereocenters. The van der Waals surface area contributed by atoms with Gasteiger partial charge in [-0.3, -0.25) is 4.79 Å². The number of methoxy groups -OCH3 is 2. The molecular formula is C26H27N3O4. The molecule has 0 saturated carbocycles. The maximum Gasteiger partial charge on any atom is 0.270 e. The summed E-state index contributed by atoms with van der Waals surface area (Å²) < 4.78 is 17.0. The molecule has 2 aromatic heterocycles. The number of carbonyl (C=O) groups is 1. The summed E-state index contributed by atoms with van der Waals surface area (Å²) in [6.45, 7) is 1.30. The van der Waals surface area contributed by atoms with Crippen LogP contribution in [-0.2, 0) is 6.42 Å². The normalized spacial score (nSPS) is 16.2. The van der Waals surface area contributed by atoms with Crippen LogP contribution >= 0.6 is 0 Å². The molecule has 1 fully saturated rings. The number of para-hydroxylation sites is 1. The summed E-state index contributed by atoms with van der Waals surface area (Å²) >= 11 is 0. The van der Waals surface area contributed by atoms with Gasteiger partial charge in [-0.25, -0.2) is 4.98 Å². The van der Waals surface area contributed by atoms with E-state index in [1.54, 1.807) is 20.4 Å². The first-order valence-electron chi connectivity index (χ1n) is 11.2. The fourth-order valence-corrected chi connectivity index (χ4v) is 4.58. The number of likely N-dealkylation sites (tertiary alicyclic amines) is 1. The highest BCUT2D eigenvalue weighted by atomic mass is 16.5. The monoisotopic (exact) mass is 445 g/mol. The molecular weight excluding hydrogens is 418 g/mol. The van der Waals surface area contributed by atoms with Gasteiger partial charge in [0.2, 0.25) is 0 Å². The molecule has 1 amide bonds. The summed E-state index contributed by atoms with van der Waals surface area (Å²) in [6, 6.07) is 15.5. The molecule has 1 aliphatic rings. The van der Waals surface area contributed by atoms with Crippen LogP contribution in [0.1, 0.15) is 46.5 Å². The number of ether oxygens (including phenoxy) is 2. The van der Waals surface area contributed by atoms with E-state index in [2.05, 4.69) is 9.97 Å². The molecule has 7 heteroatoms. The van der Waals surface area contributed by atoms with Gasteiger partial charge in [-0.15, -0.1) is 0 Å². The third kappa shape index (κ3) is 4.18. The summed E-state index contributed by atoms with van der Waals surface area (Å²) in [6.07, 6.45) is 4.25. The second-order valence-corrected chi connectivity index (χ2v) is 8.35. The van der Waals surface area contributed by atoms with E-state index in [0.717, 1.165) is 53.1 Å². The minimum atomic E-state index is -0.0150. The summed E-state index contributed by atoms with van der Waals surface area (Å²) in [4.78, 5) is 22.9. The first-order chi connectivity index (χ1) is 16.2. The highest BCUT2D eigenvalue weighted by Crippen LogP contribution is 2.31. The summed E-state index contributed by atoms with van der Waals surface area (Å²) in [7, 11) is 3.30. The van der Waals surface area contributed by atoms with Crippen molar-refractivity contribution in [2.24, 2.45) is 0 Å². The standard InChI is InChI=1S/C26H27N3O4/c1-31-23-10-4-3-7-17(23)13-19-15-27-25(33-19)18-8-6-12-29(16-18)26(30)22-14-20-21(28-22)9-5-11-24(20)32-2/h3-5,7,9-11,14-15,18,28H,6,8,12-13,16H2,1-2H3/t18-/m1/s1. The Kier molecular flexibility index (Phi) is 5.77. The number of H-pyrrole nitrogens is 1. The molecule has 3 heterocycles. The van der Waals surface area contributed by atoms with Gasteiger partial charge in [0, 0.05) is 36.0 Å². The van der Waals surface area contributed by atoms with Crippen molar-refractivity contribution in [2.75, 3.05) is 27.3 Å². The average Bonchev–Trinajstić information content (AvgIpc) is 3.51. The van der Waals surface area contributed by atoms with Gasteiger partial charge < -0.3 is 23.8 Å². The zero-order valence-corrected chi connectivity index (χ0v) is 18.8. The zero-order valence-electron chi connectivity index (χ0n) is 18.8. The van der Waals surface area contributed by atoms with Gasteiger partial charge in [-0.05, 0) is 37.1 Å². The molecule has 4 aromatic rings. The number of hydrogen-bond donors (Lipinski definition) is 1. The van der Waals surface area contributed by atoms with E-state index < -0.39 is 0 Å². The van der Waals surface area contributed by atoms with Crippen molar-refractivity contribution in [3.05, 3.63) is 77.6 Å². The third-order valence-corrected chi connectivity index (χ3v) is 6.26. The molecule has 33 heavy (non-hydrogen) atoms. The largest absolute Gasteiger partial charge is 0.496 e. The number of fused-ring (bicyclic) bond motifs is 1. The fraction of sp³-hybridized carbons (Fsp3) is 0.308. The van der Waals surface area contributed by atoms with Crippen LogP contribution in [0.4, 0.5) is 0 Å². The lowest BCUT2D eigenvalue weighted by Crippen LogP contribution is -2.39. The Morgan fingerprint density at radius 3 is 2.82 bits per heavy atom. The maximum atomic E-state index is 13.3. The van der Waals surface area contributed by atoms with Gasteiger partial charge in [-0.2, -0.15) is 0 Å².